The number of tetrazole rings is 1. The number of carbonyl (C=O) groups excluding carboxylic acids is 1. The van der Waals surface area contributed by atoms with Crippen LogP contribution in [0.5, 0.6) is 5.75 Å². The number of carbonyl (C=O) groups is 1. The third-order valence-corrected chi connectivity index (χ3v) is 4.49. The molecule has 1 saturated carbocycles. The highest BCUT2D eigenvalue weighted by Crippen LogP contribution is 2.36. The largest absolute Gasteiger partial charge is 0.483 e. The molecule has 1 heterocycles. The van der Waals surface area contributed by atoms with Crippen LogP contribution in [0.15, 0.2) is 42.5 Å². The van der Waals surface area contributed by atoms with Gasteiger partial charge in [0.1, 0.15) is 5.75 Å². The van der Waals surface area contributed by atoms with Gasteiger partial charge in [0.05, 0.1) is 6.04 Å². The van der Waals surface area contributed by atoms with Gasteiger partial charge in [0.25, 0.3) is 5.91 Å². The Kier molecular flexibility index (Phi) is 4.58. The van der Waals surface area contributed by atoms with Gasteiger partial charge >= 0.3 is 0 Å². The summed E-state index contributed by atoms with van der Waals surface area (Å²) in [4.78, 5) is 12.3. The minimum Gasteiger partial charge on any atom is -0.483 e. The molecular weight excluding hydrogens is 342 g/mol. The predicted octanol–water partition coefficient (Wildman–Crippen LogP) is 3.31. The molecule has 1 N–H and O–H groups in total. The summed E-state index contributed by atoms with van der Waals surface area (Å²) in [7, 11) is 0. The van der Waals surface area contributed by atoms with Crippen LogP contribution in [0.4, 0.5) is 5.69 Å². The van der Waals surface area contributed by atoms with Crippen LogP contribution in [0.3, 0.4) is 0 Å². The predicted molar refractivity (Wildman–Crippen MR) is 102 cm³/mol. The lowest BCUT2D eigenvalue weighted by Crippen LogP contribution is -2.20. The maximum Gasteiger partial charge on any atom is 0.262 e. The molecule has 7 heteroatoms. The first-order valence-corrected chi connectivity index (χ1v) is 8.98. The van der Waals surface area contributed by atoms with Crippen molar-refractivity contribution in [2.45, 2.75) is 32.7 Å². The van der Waals surface area contributed by atoms with Gasteiger partial charge in [0.2, 0.25) is 0 Å². The van der Waals surface area contributed by atoms with E-state index in [2.05, 4.69) is 20.8 Å². The molecule has 1 aliphatic carbocycles. The van der Waals surface area contributed by atoms with Crippen molar-refractivity contribution in [1.82, 2.24) is 20.2 Å². The van der Waals surface area contributed by atoms with Crippen LogP contribution in [0.1, 0.15) is 30.0 Å². The molecule has 138 valence electrons. The Labute approximate surface area is 157 Å². The lowest BCUT2D eigenvalue weighted by molar-refractivity contribution is -0.118. The van der Waals surface area contributed by atoms with Gasteiger partial charge in [-0.15, -0.1) is 5.10 Å². The summed E-state index contributed by atoms with van der Waals surface area (Å²) in [6.07, 6.45) is 2.20. The van der Waals surface area contributed by atoms with E-state index in [9.17, 15) is 4.79 Å². The average molecular weight is 363 g/mol. The number of nitrogens with one attached hydrogen (secondary N) is 1. The first-order valence-electron chi connectivity index (χ1n) is 8.98. The van der Waals surface area contributed by atoms with E-state index in [0.717, 1.165) is 41.1 Å². The number of aromatic nitrogens is 4. The van der Waals surface area contributed by atoms with Crippen molar-refractivity contribution >= 4 is 11.6 Å². The lowest BCUT2D eigenvalue weighted by Gasteiger charge is -2.11. The zero-order chi connectivity index (χ0) is 18.8. The number of ether oxygens (including phenoxy) is 1. The number of amides is 1. The van der Waals surface area contributed by atoms with Crippen molar-refractivity contribution in [1.29, 1.82) is 0 Å². The van der Waals surface area contributed by atoms with Crippen molar-refractivity contribution in [3.8, 4) is 17.1 Å². The Morgan fingerprint density at radius 1 is 1.22 bits per heavy atom. The van der Waals surface area contributed by atoms with Gasteiger partial charge < -0.3 is 10.1 Å². The second-order valence-corrected chi connectivity index (χ2v) is 6.86. The molecule has 0 aliphatic heterocycles. The molecule has 0 spiro atoms. The Bertz CT molecular complexity index is 978. The zero-order valence-corrected chi connectivity index (χ0v) is 15.3. The molecule has 0 bridgehead atoms. The molecule has 7 nitrogen and oxygen atoms in total. The molecule has 1 amide bonds. The standard InChI is InChI=1S/C20H21N5O2/c1-13-6-7-14(2)18(10-13)27-12-19(26)21-16-5-3-4-15(11-16)20-22-23-24-25(20)17-8-9-17/h3-7,10-11,17H,8-9,12H2,1-2H3,(H,21,26). The summed E-state index contributed by atoms with van der Waals surface area (Å²) >= 11 is 0. The highest BCUT2D eigenvalue weighted by molar-refractivity contribution is 5.92. The fraction of sp³-hybridized carbons (Fsp3) is 0.300. The fourth-order valence-corrected chi connectivity index (χ4v) is 2.89. The van der Waals surface area contributed by atoms with Crippen molar-refractivity contribution in [2.24, 2.45) is 0 Å². The fourth-order valence-electron chi connectivity index (χ4n) is 2.89. The van der Waals surface area contributed by atoms with Crippen molar-refractivity contribution in [3.63, 3.8) is 0 Å². The number of hydrogen-bond acceptors (Lipinski definition) is 5. The van der Waals surface area contributed by atoms with E-state index in [4.69, 9.17) is 4.74 Å². The summed E-state index contributed by atoms with van der Waals surface area (Å²) in [6, 6.07) is 13.8. The van der Waals surface area contributed by atoms with Crippen LogP contribution in [0.25, 0.3) is 11.4 Å². The van der Waals surface area contributed by atoms with E-state index in [-0.39, 0.29) is 12.5 Å². The molecule has 0 atom stereocenters. The van der Waals surface area contributed by atoms with Gasteiger partial charge in [0.15, 0.2) is 12.4 Å². The zero-order valence-electron chi connectivity index (χ0n) is 15.3. The molecule has 1 aliphatic rings. The molecule has 1 aromatic heterocycles. The van der Waals surface area contributed by atoms with Gasteiger partial charge in [0, 0.05) is 11.3 Å². The van der Waals surface area contributed by atoms with E-state index in [1.54, 1.807) is 0 Å². The second-order valence-electron chi connectivity index (χ2n) is 6.86. The molecule has 27 heavy (non-hydrogen) atoms. The summed E-state index contributed by atoms with van der Waals surface area (Å²) in [5.41, 5.74) is 3.66. The molecule has 1 fully saturated rings. The molecule has 3 aromatic rings. The SMILES string of the molecule is Cc1ccc(C)c(OCC(=O)Nc2cccc(-c3nnnn3C3CC3)c2)c1. The van der Waals surface area contributed by atoms with Gasteiger partial charge in [-0.25, -0.2) is 4.68 Å². The van der Waals surface area contributed by atoms with Crippen molar-refractivity contribution in [2.75, 3.05) is 11.9 Å². The number of hydrogen-bond donors (Lipinski definition) is 1. The second kappa shape index (κ2) is 7.19. The van der Waals surface area contributed by atoms with Crippen LogP contribution in [-0.2, 0) is 4.79 Å². The first-order chi connectivity index (χ1) is 13.1. The first kappa shape index (κ1) is 17.2. The van der Waals surface area contributed by atoms with Gasteiger partial charge in [-0.3, -0.25) is 4.79 Å². The van der Waals surface area contributed by atoms with Crippen LogP contribution < -0.4 is 10.1 Å². The van der Waals surface area contributed by atoms with E-state index in [0.29, 0.717) is 11.7 Å². The summed E-state index contributed by atoms with van der Waals surface area (Å²) in [6.45, 7) is 3.90. The van der Waals surface area contributed by atoms with E-state index >= 15 is 0 Å². The number of nitrogens with zero attached hydrogens (tertiary/aromatic N) is 4. The van der Waals surface area contributed by atoms with E-state index < -0.39 is 0 Å². The van der Waals surface area contributed by atoms with Crippen molar-refractivity contribution < 1.29 is 9.53 Å². The monoisotopic (exact) mass is 363 g/mol. The van der Waals surface area contributed by atoms with Crippen LogP contribution in [0, 0.1) is 13.8 Å². The van der Waals surface area contributed by atoms with E-state index in [1.165, 1.54) is 0 Å². The minimum absolute atomic E-state index is 0.0473. The quantitative estimate of drug-likeness (QED) is 0.726. The Hall–Kier alpha value is -3.22. The van der Waals surface area contributed by atoms with Gasteiger partial charge in [-0.1, -0.05) is 24.3 Å². The maximum atomic E-state index is 12.3. The average Bonchev–Trinajstić information content (AvgIpc) is 3.39. The summed E-state index contributed by atoms with van der Waals surface area (Å²) < 4.78 is 7.52. The number of rotatable bonds is 6. The van der Waals surface area contributed by atoms with Crippen molar-refractivity contribution in [3.05, 3.63) is 53.6 Å². The number of benzene rings is 2. The topological polar surface area (TPSA) is 81.9 Å². The third-order valence-electron chi connectivity index (χ3n) is 4.49. The molecule has 0 radical (unpaired) electrons. The van der Waals surface area contributed by atoms with Crippen LogP contribution >= 0.6 is 0 Å². The summed E-state index contributed by atoms with van der Waals surface area (Å²) in [5.74, 6) is 1.23. The number of aryl methyl sites for hydroxylation is 2. The lowest BCUT2D eigenvalue weighted by atomic mass is 10.1. The van der Waals surface area contributed by atoms with Crippen LogP contribution in [-0.4, -0.2) is 32.7 Å². The highest BCUT2D eigenvalue weighted by atomic mass is 16.5. The molecule has 0 saturated heterocycles. The highest BCUT2D eigenvalue weighted by Gasteiger charge is 2.28. The Morgan fingerprint density at radius 3 is 2.89 bits per heavy atom. The molecule has 4 rings (SSSR count). The Balaban J connectivity index is 1.42. The third kappa shape index (κ3) is 3.97. The summed E-state index contributed by atoms with van der Waals surface area (Å²) in [5, 5.41) is 14.9. The van der Waals surface area contributed by atoms with Gasteiger partial charge in [-0.05, 0) is 66.4 Å². The van der Waals surface area contributed by atoms with E-state index in [1.807, 2.05) is 61.0 Å². The van der Waals surface area contributed by atoms with Gasteiger partial charge in [-0.2, -0.15) is 0 Å². The molecule has 2 aromatic carbocycles. The smallest absolute Gasteiger partial charge is 0.262 e. The molecular formula is C20H21N5O2. The normalized spacial score (nSPS) is 13.4. The molecule has 0 unspecified atom stereocenters. The maximum absolute atomic E-state index is 12.3. The Morgan fingerprint density at radius 2 is 2.07 bits per heavy atom. The number of anilines is 1. The van der Waals surface area contributed by atoms with Crippen LogP contribution in [0.2, 0.25) is 0 Å². The minimum atomic E-state index is -0.213.